The fraction of sp³-hybridized carbons (Fsp3) is 0.263. The summed E-state index contributed by atoms with van der Waals surface area (Å²) in [6.07, 6.45) is 2.90. The summed E-state index contributed by atoms with van der Waals surface area (Å²) in [4.78, 5) is 0. The summed E-state index contributed by atoms with van der Waals surface area (Å²) >= 11 is 0. The maximum absolute atomic E-state index is 13.0. The zero-order chi connectivity index (χ0) is 16.4. The van der Waals surface area contributed by atoms with Gasteiger partial charge in [-0.3, -0.25) is 4.57 Å². The van der Waals surface area contributed by atoms with Crippen LogP contribution in [0.25, 0.3) is 5.69 Å². The maximum atomic E-state index is 13.0. The number of benzene rings is 2. The highest BCUT2D eigenvalue weighted by molar-refractivity contribution is 5.32. The first-order chi connectivity index (χ1) is 11.8. The molecule has 2 atom stereocenters. The lowest BCUT2D eigenvalue weighted by Crippen LogP contribution is -2.19. The number of halogens is 1. The molecule has 1 fully saturated rings. The molecule has 0 amide bonds. The molecule has 0 saturated heterocycles. The minimum atomic E-state index is -0.172. The van der Waals surface area contributed by atoms with E-state index in [9.17, 15) is 4.39 Å². The maximum Gasteiger partial charge on any atom is 0.151 e. The van der Waals surface area contributed by atoms with Crippen molar-refractivity contribution in [2.45, 2.75) is 18.9 Å². The third-order valence-electron chi connectivity index (χ3n) is 4.56. The minimum absolute atomic E-state index is 0.172. The van der Waals surface area contributed by atoms with Gasteiger partial charge in [-0.15, -0.1) is 10.2 Å². The molecule has 4 nitrogen and oxygen atoms in total. The van der Waals surface area contributed by atoms with Crippen LogP contribution in [0.5, 0.6) is 0 Å². The molecule has 2 aromatic carbocycles. The molecule has 1 aromatic heterocycles. The largest absolute Gasteiger partial charge is 0.310 e. The molecule has 0 bridgehead atoms. The summed E-state index contributed by atoms with van der Waals surface area (Å²) in [6.45, 7) is 1.62. The van der Waals surface area contributed by atoms with Crippen LogP contribution >= 0.6 is 0 Å². The second-order valence-electron chi connectivity index (χ2n) is 6.24. The average Bonchev–Trinajstić information content (AvgIpc) is 3.23. The topological polar surface area (TPSA) is 42.7 Å². The second kappa shape index (κ2) is 6.53. The normalized spacial score (nSPS) is 19.4. The molecule has 5 heteroatoms. The van der Waals surface area contributed by atoms with Gasteiger partial charge >= 0.3 is 0 Å². The van der Waals surface area contributed by atoms with E-state index in [1.165, 1.54) is 5.56 Å². The Labute approximate surface area is 140 Å². The van der Waals surface area contributed by atoms with Gasteiger partial charge in [0.25, 0.3) is 0 Å². The first-order valence-corrected chi connectivity index (χ1v) is 8.22. The molecule has 2 unspecified atom stereocenters. The predicted molar refractivity (Wildman–Crippen MR) is 90.3 cm³/mol. The van der Waals surface area contributed by atoms with Crippen molar-refractivity contribution in [2.24, 2.45) is 5.92 Å². The van der Waals surface area contributed by atoms with Crippen LogP contribution in [-0.4, -0.2) is 21.3 Å². The number of hydrogen-bond acceptors (Lipinski definition) is 3. The van der Waals surface area contributed by atoms with Gasteiger partial charge in [0.1, 0.15) is 12.1 Å². The van der Waals surface area contributed by atoms with Crippen LogP contribution in [0.15, 0.2) is 60.9 Å². The third kappa shape index (κ3) is 3.21. The molecule has 4 rings (SSSR count). The summed E-state index contributed by atoms with van der Waals surface area (Å²) in [5.74, 6) is 1.89. The molecule has 1 heterocycles. The Hall–Kier alpha value is -2.53. The molecule has 0 radical (unpaired) electrons. The number of aromatic nitrogens is 3. The van der Waals surface area contributed by atoms with E-state index in [1.54, 1.807) is 18.5 Å². The van der Waals surface area contributed by atoms with Crippen molar-refractivity contribution in [1.82, 2.24) is 20.1 Å². The smallest absolute Gasteiger partial charge is 0.151 e. The summed E-state index contributed by atoms with van der Waals surface area (Å²) in [5.41, 5.74) is 2.30. The average molecular weight is 322 g/mol. The van der Waals surface area contributed by atoms with Gasteiger partial charge in [0.2, 0.25) is 0 Å². The lowest BCUT2D eigenvalue weighted by molar-refractivity contribution is 0.602. The minimum Gasteiger partial charge on any atom is -0.310 e. The predicted octanol–water partition coefficient (Wildman–Crippen LogP) is 3.30. The second-order valence-corrected chi connectivity index (χ2v) is 6.24. The van der Waals surface area contributed by atoms with E-state index in [2.05, 4.69) is 15.5 Å². The van der Waals surface area contributed by atoms with Crippen LogP contribution in [0.3, 0.4) is 0 Å². The molecular weight excluding hydrogens is 303 g/mol. The van der Waals surface area contributed by atoms with Crippen molar-refractivity contribution in [2.75, 3.05) is 6.54 Å². The molecule has 1 saturated carbocycles. The Bertz CT molecular complexity index is 798. The fourth-order valence-electron chi connectivity index (χ4n) is 3.14. The van der Waals surface area contributed by atoms with Crippen molar-refractivity contribution in [3.63, 3.8) is 0 Å². The molecule has 1 aliphatic carbocycles. The lowest BCUT2D eigenvalue weighted by Gasteiger charge is -2.07. The zero-order valence-corrected chi connectivity index (χ0v) is 13.3. The molecule has 1 aliphatic rings. The van der Waals surface area contributed by atoms with Crippen molar-refractivity contribution < 1.29 is 4.39 Å². The highest BCUT2D eigenvalue weighted by atomic mass is 19.1. The Kier molecular flexibility index (Phi) is 4.09. The zero-order valence-electron chi connectivity index (χ0n) is 13.3. The fourth-order valence-corrected chi connectivity index (χ4v) is 3.14. The Morgan fingerprint density at radius 1 is 1.08 bits per heavy atom. The van der Waals surface area contributed by atoms with Crippen molar-refractivity contribution in [3.8, 4) is 5.69 Å². The van der Waals surface area contributed by atoms with Crippen LogP contribution in [0, 0.1) is 11.7 Å². The summed E-state index contributed by atoms with van der Waals surface area (Å²) in [6, 6.07) is 17.0. The Morgan fingerprint density at radius 2 is 1.88 bits per heavy atom. The number of para-hydroxylation sites is 1. The van der Waals surface area contributed by atoms with Crippen LogP contribution in [0.4, 0.5) is 4.39 Å². The van der Waals surface area contributed by atoms with Crippen molar-refractivity contribution >= 4 is 0 Å². The van der Waals surface area contributed by atoms with Gasteiger partial charge in [-0.1, -0.05) is 30.3 Å². The lowest BCUT2D eigenvalue weighted by atomic mass is 10.1. The van der Waals surface area contributed by atoms with E-state index >= 15 is 0 Å². The SMILES string of the molecule is Fc1ccc(C2CC2CNCc2nncn2-c2ccccc2)cc1. The molecule has 122 valence electrons. The molecule has 1 N–H and O–H groups in total. The van der Waals surface area contributed by atoms with E-state index in [0.29, 0.717) is 18.4 Å². The van der Waals surface area contributed by atoms with Crippen molar-refractivity contribution in [3.05, 3.63) is 78.1 Å². The van der Waals surface area contributed by atoms with Gasteiger partial charge in [-0.05, 0) is 54.6 Å². The van der Waals surface area contributed by atoms with Gasteiger partial charge in [-0.25, -0.2) is 4.39 Å². The van der Waals surface area contributed by atoms with Crippen LogP contribution in [0.1, 0.15) is 23.7 Å². The number of rotatable bonds is 6. The van der Waals surface area contributed by atoms with E-state index in [-0.39, 0.29) is 5.82 Å². The highest BCUT2D eigenvalue weighted by Gasteiger charge is 2.37. The van der Waals surface area contributed by atoms with Gasteiger partial charge in [0.15, 0.2) is 5.82 Å². The van der Waals surface area contributed by atoms with Crippen LogP contribution in [0.2, 0.25) is 0 Å². The van der Waals surface area contributed by atoms with Gasteiger partial charge in [0, 0.05) is 5.69 Å². The summed E-state index contributed by atoms with van der Waals surface area (Å²) < 4.78 is 15.0. The molecular formula is C19H19FN4. The van der Waals surface area contributed by atoms with E-state index in [1.807, 2.05) is 47.0 Å². The number of nitrogens with one attached hydrogen (secondary N) is 1. The van der Waals surface area contributed by atoms with E-state index in [4.69, 9.17) is 0 Å². The number of hydrogen-bond donors (Lipinski definition) is 1. The van der Waals surface area contributed by atoms with Gasteiger partial charge in [-0.2, -0.15) is 0 Å². The number of nitrogens with zero attached hydrogens (tertiary/aromatic N) is 3. The first-order valence-electron chi connectivity index (χ1n) is 8.22. The van der Waals surface area contributed by atoms with E-state index in [0.717, 1.165) is 24.5 Å². The standard InChI is InChI=1S/C19H19FN4/c20-16-8-6-14(7-9-16)18-10-15(18)11-21-12-19-23-22-13-24(19)17-4-2-1-3-5-17/h1-9,13,15,18,21H,10-12H2. The first kappa shape index (κ1) is 15.0. The molecule has 24 heavy (non-hydrogen) atoms. The monoisotopic (exact) mass is 322 g/mol. The van der Waals surface area contributed by atoms with Crippen LogP contribution in [-0.2, 0) is 6.54 Å². The van der Waals surface area contributed by atoms with E-state index < -0.39 is 0 Å². The Morgan fingerprint density at radius 3 is 2.67 bits per heavy atom. The third-order valence-corrected chi connectivity index (χ3v) is 4.56. The Balaban J connectivity index is 1.32. The van der Waals surface area contributed by atoms with Crippen molar-refractivity contribution in [1.29, 1.82) is 0 Å². The molecule has 3 aromatic rings. The van der Waals surface area contributed by atoms with Crippen LogP contribution < -0.4 is 5.32 Å². The molecule has 0 spiro atoms. The van der Waals surface area contributed by atoms with Gasteiger partial charge in [0.05, 0.1) is 6.54 Å². The summed E-state index contributed by atoms with van der Waals surface area (Å²) in [5, 5.41) is 11.7. The van der Waals surface area contributed by atoms with Gasteiger partial charge < -0.3 is 5.32 Å². The molecule has 0 aliphatic heterocycles. The summed E-state index contributed by atoms with van der Waals surface area (Å²) in [7, 11) is 0. The quantitative estimate of drug-likeness (QED) is 0.757. The highest BCUT2D eigenvalue weighted by Crippen LogP contribution is 2.46.